The number of carbonyl (C=O) groups is 1. The van der Waals surface area contributed by atoms with Crippen molar-refractivity contribution in [2.45, 2.75) is 37.8 Å². The quantitative estimate of drug-likeness (QED) is 0.614. The number of fused-ring (bicyclic) bond motifs is 1. The van der Waals surface area contributed by atoms with Gasteiger partial charge in [0, 0.05) is 23.7 Å². The van der Waals surface area contributed by atoms with Gasteiger partial charge in [-0.1, -0.05) is 35.9 Å². The Morgan fingerprint density at radius 2 is 1.81 bits per heavy atom. The van der Waals surface area contributed by atoms with Crippen molar-refractivity contribution in [3.05, 3.63) is 89.0 Å². The van der Waals surface area contributed by atoms with Crippen molar-refractivity contribution in [2.24, 2.45) is 0 Å². The van der Waals surface area contributed by atoms with Gasteiger partial charge in [-0.05, 0) is 62.2 Å². The number of sulfonamides is 1. The van der Waals surface area contributed by atoms with E-state index in [1.165, 1.54) is 4.31 Å². The number of rotatable bonds is 6. The second-order valence-corrected chi connectivity index (χ2v) is 9.82. The van der Waals surface area contributed by atoms with Gasteiger partial charge in [0.25, 0.3) is 15.9 Å². The summed E-state index contributed by atoms with van der Waals surface area (Å²) < 4.78 is 33.4. The van der Waals surface area contributed by atoms with Crippen LogP contribution >= 0.6 is 0 Å². The minimum Gasteiger partial charge on any atom is -0.496 e. The molecule has 0 aromatic heterocycles. The molecule has 0 saturated heterocycles. The van der Waals surface area contributed by atoms with E-state index in [4.69, 9.17) is 4.74 Å². The van der Waals surface area contributed by atoms with E-state index in [1.807, 2.05) is 38.1 Å². The SMILES string of the molecule is COc1ccccc1CNC(=O)c1ccc2c(c1)C[C@H](C)N2S(=O)(=O)c1ccc(C)cc1. The van der Waals surface area contributed by atoms with Gasteiger partial charge in [0.1, 0.15) is 5.75 Å². The predicted molar refractivity (Wildman–Crippen MR) is 125 cm³/mol. The van der Waals surface area contributed by atoms with Crippen molar-refractivity contribution in [3.63, 3.8) is 0 Å². The number of nitrogens with zero attached hydrogens (tertiary/aromatic N) is 1. The van der Waals surface area contributed by atoms with E-state index < -0.39 is 10.0 Å². The third kappa shape index (κ3) is 4.08. The summed E-state index contributed by atoms with van der Waals surface area (Å²) >= 11 is 0. The molecule has 3 aromatic carbocycles. The number of para-hydroxylation sites is 1. The molecule has 1 aliphatic heterocycles. The number of methoxy groups -OCH3 is 1. The van der Waals surface area contributed by atoms with Crippen LogP contribution in [0.2, 0.25) is 0 Å². The van der Waals surface area contributed by atoms with Crippen LogP contribution in [0.15, 0.2) is 71.6 Å². The van der Waals surface area contributed by atoms with Crippen LogP contribution in [0.1, 0.15) is 34.0 Å². The standard InChI is InChI=1S/C25H26N2O4S/c1-17-8-11-22(12-9-17)32(29,30)27-18(2)14-21-15-19(10-13-23(21)27)25(28)26-16-20-6-4-5-7-24(20)31-3/h4-13,15,18H,14,16H2,1-3H3,(H,26,28)/t18-/m0/s1. The molecule has 1 aliphatic rings. The minimum atomic E-state index is -3.69. The third-order valence-electron chi connectivity index (χ3n) is 5.70. The van der Waals surface area contributed by atoms with Gasteiger partial charge in [0.2, 0.25) is 0 Å². The van der Waals surface area contributed by atoms with Crippen molar-refractivity contribution in [3.8, 4) is 5.75 Å². The number of nitrogens with one attached hydrogen (secondary N) is 1. The second kappa shape index (κ2) is 8.67. The van der Waals surface area contributed by atoms with Crippen molar-refractivity contribution >= 4 is 21.6 Å². The van der Waals surface area contributed by atoms with E-state index in [0.29, 0.717) is 30.0 Å². The molecule has 1 N–H and O–H groups in total. The van der Waals surface area contributed by atoms with Crippen LogP contribution in [0.5, 0.6) is 5.75 Å². The summed E-state index contributed by atoms with van der Waals surface area (Å²) in [6.45, 7) is 4.14. The van der Waals surface area contributed by atoms with Crippen LogP contribution in [0, 0.1) is 6.92 Å². The number of ether oxygens (including phenoxy) is 1. The number of hydrogen-bond donors (Lipinski definition) is 1. The molecule has 0 saturated carbocycles. The molecule has 3 aromatic rings. The topological polar surface area (TPSA) is 75.7 Å². The summed E-state index contributed by atoms with van der Waals surface area (Å²) in [7, 11) is -2.09. The highest BCUT2D eigenvalue weighted by molar-refractivity contribution is 7.92. The maximum atomic E-state index is 13.3. The highest BCUT2D eigenvalue weighted by atomic mass is 32.2. The molecule has 1 heterocycles. The number of amides is 1. The Morgan fingerprint density at radius 1 is 1.09 bits per heavy atom. The van der Waals surface area contributed by atoms with Gasteiger partial charge in [-0.2, -0.15) is 0 Å². The lowest BCUT2D eigenvalue weighted by atomic mass is 10.1. The van der Waals surface area contributed by atoms with Crippen molar-refractivity contribution in [1.82, 2.24) is 5.32 Å². The largest absolute Gasteiger partial charge is 0.496 e. The number of benzene rings is 3. The highest BCUT2D eigenvalue weighted by Gasteiger charge is 2.36. The third-order valence-corrected chi connectivity index (χ3v) is 7.65. The first-order valence-electron chi connectivity index (χ1n) is 10.5. The number of aryl methyl sites for hydroxylation is 1. The normalized spacial score (nSPS) is 15.3. The maximum Gasteiger partial charge on any atom is 0.264 e. The van der Waals surface area contributed by atoms with Crippen molar-refractivity contribution in [2.75, 3.05) is 11.4 Å². The Hall–Kier alpha value is -3.32. The fourth-order valence-corrected chi connectivity index (χ4v) is 5.75. The minimum absolute atomic E-state index is 0.216. The monoisotopic (exact) mass is 450 g/mol. The molecule has 0 radical (unpaired) electrons. The maximum absolute atomic E-state index is 13.3. The van der Waals surface area contributed by atoms with Gasteiger partial charge in [-0.3, -0.25) is 9.10 Å². The zero-order chi connectivity index (χ0) is 22.9. The van der Waals surface area contributed by atoms with Gasteiger partial charge >= 0.3 is 0 Å². The molecule has 1 atom stereocenters. The molecule has 0 aliphatic carbocycles. The van der Waals surface area contributed by atoms with E-state index in [0.717, 1.165) is 16.7 Å². The van der Waals surface area contributed by atoms with Crippen LogP contribution in [0.4, 0.5) is 5.69 Å². The van der Waals surface area contributed by atoms with E-state index >= 15 is 0 Å². The molecular weight excluding hydrogens is 424 g/mol. The molecule has 6 nitrogen and oxygen atoms in total. The molecule has 7 heteroatoms. The Kier molecular flexibility index (Phi) is 5.93. The smallest absolute Gasteiger partial charge is 0.264 e. The summed E-state index contributed by atoms with van der Waals surface area (Å²) in [6.07, 6.45) is 0.550. The predicted octanol–water partition coefficient (Wildman–Crippen LogP) is 4.07. The summed E-state index contributed by atoms with van der Waals surface area (Å²) in [5, 5.41) is 2.91. The fourth-order valence-electron chi connectivity index (χ4n) is 4.06. The van der Waals surface area contributed by atoms with Crippen molar-refractivity contribution < 1.29 is 17.9 Å². The molecule has 0 spiro atoms. The van der Waals surface area contributed by atoms with E-state index in [2.05, 4.69) is 5.32 Å². The zero-order valence-electron chi connectivity index (χ0n) is 18.3. The van der Waals surface area contributed by atoms with E-state index in [1.54, 1.807) is 49.6 Å². The zero-order valence-corrected chi connectivity index (χ0v) is 19.1. The van der Waals surface area contributed by atoms with Gasteiger partial charge in [-0.25, -0.2) is 8.42 Å². The van der Waals surface area contributed by atoms with Crippen LogP contribution < -0.4 is 14.4 Å². The van der Waals surface area contributed by atoms with Gasteiger partial charge in [-0.15, -0.1) is 0 Å². The van der Waals surface area contributed by atoms with Gasteiger partial charge in [0.15, 0.2) is 0 Å². The second-order valence-electron chi connectivity index (χ2n) is 8.01. The lowest BCUT2D eigenvalue weighted by Gasteiger charge is -2.24. The first kappa shape index (κ1) is 21.9. The molecule has 4 rings (SSSR count). The Labute approximate surface area is 188 Å². The molecular formula is C25H26N2O4S. The van der Waals surface area contributed by atoms with Gasteiger partial charge < -0.3 is 10.1 Å². The molecule has 166 valence electrons. The summed E-state index contributed by atoms with van der Waals surface area (Å²) in [5.41, 5.74) is 3.86. The number of carbonyl (C=O) groups excluding carboxylic acids is 1. The number of anilines is 1. The summed E-state index contributed by atoms with van der Waals surface area (Å²) in [4.78, 5) is 13.0. The average Bonchev–Trinajstić information content (AvgIpc) is 3.13. The lowest BCUT2D eigenvalue weighted by Crippen LogP contribution is -2.35. The van der Waals surface area contributed by atoms with Crippen LogP contribution in [0.25, 0.3) is 0 Å². The number of hydrogen-bond acceptors (Lipinski definition) is 4. The Balaban J connectivity index is 1.56. The highest BCUT2D eigenvalue weighted by Crippen LogP contribution is 2.37. The van der Waals surface area contributed by atoms with Crippen LogP contribution in [0.3, 0.4) is 0 Å². The van der Waals surface area contributed by atoms with E-state index in [-0.39, 0.29) is 16.8 Å². The molecule has 1 amide bonds. The molecule has 0 fully saturated rings. The summed E-state index contributed by atoms with van der Waals surface area (Å²) in [5.74, 6) is 0.499. The average molecular weight is 451 g/mol. The molecule has 32 heavy (non-hydrogen) atoms. The summed E-state index contributed by atoms with van der Waals surface area (Å²) in [6, 6.07) is 19.3. The first-order chi connectivity index (χ1) is 15.3. The lowest BCUT2D eigenvalue weighted by molar-refractivity contribution is 0.0950. The van der Waals surface area contributed by atoms with E-state index in [9.17, 15) is 13.2 Å². The Morgan fingerprint density at radius 3 is 2.53 bits per heavy atom. The van der Waals surface area contributed by atoms with Crippen LogP contribution in [-0.2, 0) is 23.0 Å². The van der Waals surface area contributed by atoms with Crippen molar-refractivity contribution in [1.29, 1.82) is 0 Å². The molecule has 0 bridgehead atoms. The van der Waals surface area contributed by atoms with Gasteiger partial charge in [0.05, 0.1) is 17.7 Å². The Bertz CT molecular complexity index is 1250. The fraction of sp³-hybridized carbons (Fsp3) is 0.240. The van der Waals surface area contributed by atoms with Crippen LogP contribution in [-0.4, -0.2) is 27.5 Å². The molecule has 0 unspecified atom stereocenters. The first-order valence-corrected chi connectivity index (χ1v) is 11.9.